The average Bonchev–Trinajstić information content (AvgIpc) is 2.65. The summed E-state index contributed by atoms with van der Waals surface area (Å²) in [5.41, 5.74) is 0.638. The Morgan fingerprint density at radius 3 is 2.00 bits per heavy atom. The molecule has 8 nitrogen and oxygen atoms in total. The van der Waals surface area contributed by atoms with Crippen molar-refractivity contribution in [2.75, 3.05) is 18.1 Å². The molecule has 0 aliphatic rings. The predicted octanol–water partition coefficient (Wildman–Crippen LogP) is 3.68. The predicted molar refractivity (Wildman–Crippen MR) is 125 cm³/mol. The largest absolute Gasteiger partial charge is 0.444 e. The second-order valence-electron chi connectivity index (χ2n) is 6.81. The molecule has 11 heteroatoms. The van der Waals surface area contributed by atoms with Gasteiger partial charge in [-0.1, -0.05) is 18.2 Å². The lowest BCUT2D eigenvalue weighted by Gasteiger charge is -2.18. The lowest BCUT2D eigenvalue weighted by Crippen LogP contribution is -2.42. The van der Waals surface area contributed by atoms with Gasteiger partial charge in [0.05, 0.1) is 10.9 Å². The van der Waals surface area contributed by atoms with Crippen LogP contribution in [-0.4, -0.2) is 53.7 Å². The summed E-state index contributed by atoms with van der Waals surface area (Å²) in [5.74, 6) is -1.89. The van der Waals surface area contributed by atoms with Crippen molar-refractivity contribution in [2.45, 2.75) is 46.3 Å². The zero-order valence-electron chi connectivity index (χ0n) is 18.5. The molecule has 176 valence electrons. The number of carbonyl (C=O) groups is 4. The molecule has 1 unspecified atom stereocenters. The van der Waals surface area contributed by atoms with Crippen LogP contribution >= 0.6 is 35.8 Å². The van der Waals surface area contributed by atoms with Crippen LogP contribution in [0.3, 0.4) is 0 Å². The summed E-state index contributed by atoms with van der Waals surface area (Å²) < 4.78 is 9.57. The molecule has 0 saturated heterocycles. The third kappa shape index (κ3) is 16.4. The third-order valence-electron chi connectivity index (χ3n) is 3.01. The number of benzene rings is 1. The topological polar surface area (TPSA) is 111 Å². The molecule has 0 saturated carbocycles. The van der Waals surface area contributed by atoms with E-state index in [1.165, 1.54) is 14.0 Å². The first-order valence-electron chi connectivity index (χ1n) is 9.05. The van der Waals surface area contributed by atoms with Crippen LogP contribution in [0.2, 0.25) is 0 Å². The van der Waals surface area contributed by atoms with Gasteiger partial charge in [-0.15, -0.1) is 23.2 Å². The quantitative estimate of drug-likeness (QED) is 0.253. The van der Waals surface area contributed by atoms with Gasteiger partial charge in [0.15, 0.2) is 0 Å². The number of alkyl carbamates (subject to hydrolysis) is 1. The molecule has 0 heterocycles. The van der Waals surface area contributed by atoms with E-state index in [2.05, 4.69) is 23.3 Å². The molecular formula is C20H30Cl2N2O6S. The van der Waals surface area contributed by atoms with E-state index in [9.17, 15) is 19.2 Å². The van der Waals surface area contributed by atoms with E-state index in [1.807, 2.05) is 20.8 Å². The van der Waals surface area contributed by atoms with Gasteiger partial charge >= 0.3 is 18.0 Å². The molecule has 0 radical (unpaired) electrons. The van der Waals surface area contributed by atoms with E-state index in [4.69, 9.17) is 32.7 Å². The number of thiol groups is 1. The highest BCUT2D eigenvalue weighted by Gasteiger charge is 2.23. The Kier molecular flexibility index (Phi) is 16.8. The van der Waals surface area contributed by atoms with Crippen molar-refractivity contribution >= 4 is 59.8 Å². The van der Waals surface area contributed by atoms with Gasteiger partial charge in [-0.25, -0.2) is 14.4 Å². The van der Waals surface area contributed by atoms with Crippen LogP contribution in [0.15, 0.2) is 24.3 Å². The maximum atomic E-state index is 11.8. The number of alkyl halides is 2. The van der Waals surface area contributed by atoms with Crippen molar-refractivity contribution in [2.24, 2.45) is 0 Å². The third-order valence-corrected chi connectivity index (χ3v) is 3.37. The Balaban J connectivity index is 0. The van der Waals surface area contributed by atoms with Gasteiger partial charge in [-0.05, 0) is 39.3 Å². The molecule has 0 fully saturated rings. The molecular weight excluding hydrogens is 467 g/mol. The van der Waals surface area contributed by atoms with Gasteiger partial charge in [-0.3, -0.25) is 4.79 Å². The van der Waals surface area contributed by atoms with Crippen LogP contribution in [0.4, 0.5) is 4.79 Å². The van der Waals surface area contributed by atoms with Crippen molar-refractivity contribution < 1.29 is 28.7 Å². The van der Waals surface area contributed by atoms with Crippen molar-refractivity contribution in [1.82, 2.24) is 10.6 Å². The molecule has 0 bridgehead atoms. The lowest BCUT2D eigenvalue weighted by molar-refractivity contribution is -0.141. The molecule has 1 rings (SSSR count). The van der Waals surface area contributed by atoms with Gasteiger partial charge in [0.1, 0.15) is 11.6 Å². The molecule has 0 spiro atoms. The maximum Gasteiger partial charge on any atom is 0.407 e. The standard InChI is InChI=1S/C13H15NO4S.C6H13NO2.CH2Cl2/c1-8-5-3-4-6-10(8)12(16)18-13(17)11(7-19)14-9(2)15;1-6(2,3)9-5(8)7-4;2-1-3/h3-6,11,19H,7H2,1-2H3,(H,14,15);1-4H3,(H,7,8);1H2. The van der Waals surface area contributed by atoms with Crippen molar-refractivity contribution in [3.8, 4) is 0 Å². The number of halogens is 2. The van der Waals surface area contributed by atoms with Crippen LogP contribution in [0.25, 0.3) is 0 Å². The fourth-order valence-corrected chi connectivity index (χ4v) is 2.01. The number of nitrogens with one attached hydrogen (secondary N) is 2. The molecule has 31 heavy (non-hydrogen) atoms. The second-order valence-corrected chi connectivity index (χ2v) is 7.99. The normalized spacial score (nSPS) is 10.7. The van der Waals surface area contributed by atoms with Crippen LogP contribution in [-0.2, 0) is 19.1 Å². The summed E-state index contributed by atoms with van der Waals surface area (Å²) in [6.45, 7) is 8.48. The van der Waals surface area contributed by atoms with E-state index in [-0.39, 0.29) is 28.7 Å². The summed E-state index contributed by atoms with van der Waals surface area (Å²) in [5, 5.41) is 4.91. The number of esters is 2. The maximum absolute atomic E-state index is 11.8. The lowest BCUT2D eigenvalue weighted by atomic mass is 10.1. The molecule has 2 amide bonds. The zero-order valence-corrected chi connectivity index (χ0v) is 20.9. The molecule has 1 aromatic carbocycles. The van der Waals surface area contributed by atoms with E-state index < -0.39 is 18.0 Å². The second kappa shape index (κ2) is 16.7. The Hall–Kier alpha value is -1.97. The summed E-state index contributed by atoms with van der Waals surface area (Å²) >= 11 is 13.5. The Bertz CT molecular complexity index is 726. The molecule has 0 aliphatic carbocycles. The molecule has 0 aliphatic heterocycles. The van der Waals surface area contributed by atoms with Crippen LogP contribution in [0.5, 0.6) is 0 Å². The number of hydrogen-bond acceptors (Lipinski definition) is 7. The highest BCUT2D eigenvalue weighted by molar-refractivity contribution is 7.80. The first-order chi connectivity index (χ1) is 14.3. The first-order valence-corrected chi connectivity index (χ1v) is 10.7. The minimum atomic E-state index is -0.936. The molecule has 1 atom stereocenters. The van der Waals surface area contributed by atoms with Gasteiger partial charge < -0.3 is 20.1 Å². The fourth-order valence-electron chi connectivity index (χ4n) is 1.77. The Morgan fingerprint density at radius 1 is 1.13 bits per heavy atom. The van der Waals surface area contributed by atoms with Crippen LogP contribution in [0, 0.1) is 6.92 Å². The van der Waals surface area contributed by atoms with Crippen molar-refractivity contribution in [3.05, 3.63) is 35.4 Å². The zero-order chi connectivity index (χ0) is 24.6. The number of carbonyl (C=O) groups excluding carboxylic acids is 4. The number of hydrogen-bond donors (Lipinski definition) is 3. The van der Waals surface area contributed by atoms with Gasteiger partial charge in [-0.2, -0.15) is 12.6 Å². The monoisotopic (exact) mass is 496 g/mol. The van der Waals surface area contributed by atoms with Crippen molar-refractivity contribution in [1.29, 1.82) is 0 Å². The minimum Gasteiger partial charge on any atom is -0.444 e. The summed E-state index contributed by atoms with van der Waals surface area (Å²) in [4.78, 5) is 44.9. The van der Waals surface area contributed by atoms with Crippen LogP contribution in [0.1, 0.15) is 43.6 Å². The summed E-state index contributed by atoms with van der Waals surface area (Å²) in [6.07, 6.45) is -0.387. The Morgan fingerprint density at radius 2 is 1.65 bits per heavy atom. The number of aryl methyl sites for hydroxylation is 1. The fraction of sp³-hybridized carbons (Fsp3) is 0.500. The van der Waals surface area contributed by atoms with Gasteiger partial charge in [0.25, 0.3) is 0 Å². The average molecular weight is 497 g/mol. The van der Waals surface area contributed by atoms with E-state index in [0.717, 1.165) is 0 Å². The summed E-state index contributed by atoms with van der Waals surface area (Å²) in [7, 11) is 1.54. The van der Waals surface area contributed by atoms with Crippen molar-refractivity contribution in [3.63, 3.8) is 0 Å². The number of amides is 2. The highest BCUT2D eigenvalue weighted by atomic mass is 35.5. The molecule has 0 aromatic heterocycles. The summed E-state index contributed by atoms with van der Waals surface area (Å²) in [6, 6.07) is 5.83. The van der Waals surface area contributed by atoms with Gasteiger partial charge in [0.2, 0.25) is 5.91 Å². The molecule has 1 aromatic rings. The smallest absolute Gasteiger partial charge is 0.407 e. The van der Waals surface area contributed by atoms with E-state index in [1.54, 1.807) is 31.2 Å². The highest BCUT2D eigenvalue weighted by Crippen LogP contribution is 2.09. The van der Waals surface area contributed by atoms with E-state index >= 15 is 0 Å². The minimum absolute atomic E-state index is 0.0550. The Labute approximate surface area is 198 Å². The van der Waals surface area contributed by atoms with Crippen LogP contribution < -0.4 is 10.6 Å². The first kappa shape index (κ1) is 31.2. The number of rotatable bonds is 4. The SMILES string of the molecule is CC(=O)NC(CS)C(=O)OC(=O)c1ccccc1C.CNC(=O)OC(C)(C)C.ClCCl. The molecule has 2 N–H and O–H groups in total. The van der Waals surface area contributed by atoms with Gasteiger partial charge in [0, 0.05) is 19.7 Å². The number of ether oxygens (including phenoxy) is 2. The van der Waals surface area contributed by atoms with E-state index in [0.29, 0.717) is 11.1 Å².